The van der Waals surface area contributed by atoms with Gasteiger partial charge in [-0.1, -0.05) is 9.91 Å². The van der Waals surface area contributed by atoms with Crippen molar-refractivity contribution < 1.29 is 0 Å². The van der Waals surface area contributed by atoms with Gasteiger partial charge in [-0.2, -0.15) is 0 Å². The minimum atomic E-state index is -0.330. The fourth-order valence-electron chi connectivity index (χ4n) is 0.0423. The van der Waals surface area contributed by atoms with Crippen molar-refractivity contribution in [2.24, 2.45) is 0 Å². The van der Waals surface area contributed by atoms with Crippen LogP contribution in [0.15, 0.2) is 0 Å². The Morgan fingerprint density at radius 2 is 2.00 bits per heavy atom. The normalized spacial score (nSPS) is 6.86. The van der Waals surface area contributed by atoms with E-state index in [1.165, 1.54) is 18.8 Å². The van der Waals surface area contributed by atoms with Gasteiger partial charge in [0.25, 0.3) is 0 Å². The zero-order chi connectivity index (χ0) is 5.70. The Hall–Kier alpha value is 1.19. The van der Waals surface area contributed by atoms with Crippen molar-refractivity contribution in [3.05, 3.63) is 0 Å². The highest BCUT2D eigenvalue weighted by Gasteiger charge is 1.36. The average Bonchev–Trinajstić information content (AvgIpc) is 1.61. The van der Waals surface area contributed by atoms with Gasteiger partial charge in [-0.05, 0) is 52.6 Å². The van der Waals surface area contributed by atoms with Gasteiger partial charge < -0.3 is 0 Å². The second kappa shape index (κ2) is 5.33. The highest BCUT2D eigenvalue weighted by Crippen LogP contribution is 1.36. The molecule has 6 heteroatoms. The molecule has 0 aliphatic heterocycles. The molecule has 0 aliphatic carbocycles. The summed E-state index contributed by atoms with van der Waals surface area (Å²) < 4.78 is 0. The van der Waals surface area contributed by atoms with Crippen LogP contribution in [-0.2, 0) is 56.6 Å². The zero-order valence-corrected chi connectivity index (χ0v) is 8.06. The molecule has 0 unspecified atom stereocenters. The maximum atomic E-state index is 4.69. The Morgan fingerprint density at radius 1 is 1.43 bits per heavy atom. The highest BCUT2D eigenvalue weighted by molar-refractivity contribution is 8.72. The van der Waals surface area contributed by atoms with E-state index in [2.05, 4.69) is 28.2 Å². The monoisotopic (exact) mass is 206 g/mol. The van der Waals surface area contributed by atoms with E-state index in [4.69, 9.17) is 0 Å². The molecule has 0 nitrogen and oxygen atoms in total. The molecule has 0 heterocycles. The van der Waals surface area contributed by atoms with E-state index in [1.807, 2.05) is 0 Å². The van der Waals surface area contributed by atoms with E-state index in [1.54, 1.807) is 8.88 Å². The van der Waals surface area contributed by atoms with Crippen LogP contribution in [0.4, 0.5) is 0 Å². The average molecular weight is 206 g/mol. The maximum absolute atomic E-state index is 4.69. The summed E-state index contributed by atoms with van der Waals surface area (Å²) in [6.07, 6.45) is 0. The van der Waals surface area contributed by atoms with Crippen LogP contribution in [0.1, 0.15) is 0 Å². The highest BCUT2D eigenvalue weighted by atomic mass is 33.4. The quantitative estimate of drug-likeness (QED) is 0.510. The molecule has 0 amide bonds. The third kappa shape index (κ3) is 7.19. The van der Waals surface area contributed by atoms with E-state index >= 15 is 0 Å². The Kier molecular flexibility index (Phi) is 6.24. The molecule has 0 aromatic rings. The lowest BCUT2D eigenvalue weighted by atomic mass is 12.0. The minimum Gasteiger partial charge on any atom is -0.0851 e. The van der Waals surface area contributed by atoms with E-state index in [0.717, 1.165) is 0 Å². The van der Waals surface area contributed by atoms with Gasteiger partial charge in [-0.25, -0.2) is 0 Å². The lowest BCUT2D eigenvalue weighted by Gasteiger charge is -1.38. The van der Waals surface area contributed by atoms with Crippen molar-refractivity contribution in [3.8, 4) is 0 Å². The van der Waals surface area contributed by atoms with Gasteiger partial charge in [0, 0.05) is 0 Å². The summed E-state index contributed by atoms with van der Waals surface area (Å²) >= 11 is 9.38. The number of rotatable bonds is 0. The van der Waals surface area contributed by atoms with Crippen molar-refractivity contribution in [1.29, 1.82) is 0 Å². The van der Waals surface area contributed by atoms with Crippen molar-refractivity contribution in [2.45, 2.75) is 0 Å². The Morgan fingerprint density at radius 3 is 2.14 bits per heavy atom. The van der Waals surface area contributed by atoms with Crippen LogP contribution in [-0.4, -0.2) is 5.87 Å². The first-order chi connectivity index (χ1) is 3.27. The predicted octanol–water partition coefficient (Wildman–Crippen LogP) is -0.0467. The van der Waals surface area contributed by atoms with Crippen LogP contribution < -0.4 is 0 Å². The Labute approximate surface area is 62.0 Å². The topological polar surface area (TPSA) is 0 Å². The first-order valence-corrected chi connectivity index (χ1v) is 8.37. The summed E-state index contributed by atoms with van der Waals surface area (Å²) in [7, 11) is 4.48. The molecule has 7 heavy (non-hydrogen) atoms. The fraction of sp³-hybridized carbons (Fsp3) is 0. The van der Waals surface area contributed by atoms with E-state index in [-0.39, 0.29) is 6.57 Å². The number of hydrogen-bond donors (Lipinski definition) is 0. The van der Waals surface area contributed by atoms with E-state index < -0.39 is 0 Å². The molecule has 0 radical (unpaired) electrons. The molecule has 0 spiro atoms. The summed E-state index contributed by atoms with van der Waals surface area (Å²) in [5, 5.41) is 0. The third-order valence-electron chi connectivity index (χ3n) is 0.131. The molecule has 0 aromatic heterocycles. The first-order valence-electron chi connectivity index (χ1n) is 1.12. The van der Waals surface area contributed by atoms with Gasteiger partial charge in [0.1, 0.15) is 0 Å². The van der Waals surface area contributed by atoms with Crippen molar-refractivity contribution >= 4 is 62.5 Å². The van der Waals surface area contributed by atoms with Crippen LogP contribution >= 0.6 is 0 Å². The summed E-state index contributed by atoms with van der Waals surface area (Å²) in [5.74, 6) is 3.53. The van der Waals surface area contributed by atoms with Gasteiger partial charge in [-0.3, -0.25) is 0 Å². The molecular formula is CH2S6. The van der Waals surface area contributed by atoms with Gasteiger partial charge in [0.15, 0.2) is 0 Å². The summed E-state index contributed by atoms with van der Waals surface area (Å²) in [4.78, 5) is 0. The van der Waals surface area contributed by atoms with Crippen LogP contribution in [0.5, 0.6) is 0 Å². The predicted molar refractivity (Wildman–Crippen MR) is 51.3 cm³/mol. The summed E-state index contributed by atoms with van der Waals surface area (Å²) in [5.41, 5.74) is 0. The van der Waals surface area contributed by atoms with Crippen molar-refractivity contribution in [3.63, 3.8) is 0 Å². The molecule has 0 atom stereocenters. The minimum absolute atomic E-state index is 0.330. The van der Waals surface area contributed by atoms with Gasteiger partial charge in [0.2, 0.25) is 0 Å². The zero-order valence-electron chi connectivity index (χ0n) is 3.16. The van der Waals surface area contributed by atoms with Crippen molar-refractivity contribution in [2.75, 3.05) is 0 Å². The molecule has 0 bridgehead atoms. The molecule has 0 aliphatic rings. The Balaban J connectivity index is 5.36. The Bertz CT molecular complexity index is 241. The largest absolute Gasteiger partial charge is 0.0851 e. The lowest BCUT2D eigenvalue weighted by molar-refractivity contribution is 4.80. The third-order valence-corrected chi connectivity index (χ3v) is 8.05. The SMILES string of the molecule is C=S=S=S=S(=S)=S. The van der Waals surface area contributed by atoms with Gasteiger partial charge in [0.05, 0.1) is 0 Å². The second-order valence-electron chi connectivity index (χ2n) is 0.458. The summed E-state index contributed by atoms with van der Waals surface area (Å²) in [6.45, 7) is -0.330. The standard InChI is InChI=1S/CH2S6/c1-4-5-6-7(2)3/h1H2. The molecule has 0 saturated heterocycles. The van der Waals surface area contributed by atoms with Crippen LogP contribution in [0, 0.1) is 0 Å². The second-order valence-corrected chi connectivity index (χ2v) is 10.2. The van der Waals surface area contributed by atoms with Gasteiger partial charge >= 0.3 is 0 Å². The summed E-state index contributed by atoms with van der Waals surface area (Å²) in [6, 6.07) is 0. The van der Waals surface area contributed by atoms with E-state index in [0.29, 0.717) is 0 Å². The fourth-order valence-corrected chi connectivity index (χ4v) is 7.10. The molecule has 0 N–H and O–H groups in total. The van der Waals surface area contributed by atoms with E-state index in [9.17, 15) is 0 Å². The molecule has 0 rings (SSSR count). The van der Waals surface area contributed by atoms with Crippen LogP contribution in [0.2, 0.25) is 0 Å². The first kappa shape index (κ1) is 8.19. The molecule has 0 saturated carbocycles. The molecule has 0 aromatic carbocycles. The van der Waals surface area contributed by atoms with Gasteiger partial charge in [-0.15, -0.1) is 0 Å². The molecule has 0 fully saturated rings. The molecular weight excluding hydrogens is 204 g/mol. The van der Waals surface area contributed by atoms with Crippen molar-refractivity contribution in [1.82, 2.24) is 0 Å². The van der Waals surface area contributed by atoms with Crippen LogP contribution in [0.25, 0.3) is 0 Å². The molecule has 42 valence electrons. The van der Waals surface area contributed by atoms with Crippen LogP contribution in [0.3, 0.4) is 0 Å². The smallest absolute Gasteiger partial charge is 0.000000367 e. The lowest BCUT2D eigenvalue weighted by Crippen LogP contribution is -1.38. The maximum Gasteiger partial charge on any atom is -0.000000367 e. The number of hydrogen-bond acceptors (Lipinski definition) is 2.